The zero-order chi connectivity index (χ0) is 10.5. The average molecular weight is 223 g/mol. The Kier molecular flexibility index (Phi) is 3.88. The number of allylic oxidation sites excluding steroid dienone is 1. The van der Waals surface area contributed by atoms with Crippen LogP contribution in [0.5, 0.6) is 0 Å². The molecule has 1 atom stereocenters. The standard InChI is InChI=1S/C11H17N3S/c12-14-11(10-7-15-8-13-10)9-5-3-1-2-4-6-9/h5,7-8,11,14H,1-4,6,12H2. The second kappa shape index (κ2) is 5.39. The fourth-order valence-corrected chi connectivity index (χ4v) is 2.63. The molecule has 82 valence electrons. The minimum absolute atomic E-state index is 0.120. The van der Waals surface area contributed by atoms with E-state index in [0.717, 1.165) is 12.1 Å². The fourth-order valence-electron chi connectivity index (χ4n) is 2.05. The van der Waals surface area contributed by atoms with Crippen LogP contribution in [0.2, 0.25) is 0 Å². The smallest absolute Gasteiger partial charge is 0.0850 e. The molecule has 0 aliphatic heterocycles. The van der Waals surface area contributed by atoms with Gasteiger partial charge in [0.2, 0.25) is 0 Å². The molecule has 0 fully saturated rings. The van der Waals surface area contributed by atoms with Gasteiger partial charge in [-0.1, -0.05) is 18.1 Å². The van der Waals surface area contributed by atoms with E-state index in [1.807, 2.05) is 5.51 Å². The quantitative estimate of drug-likeness (QED) is 0.470. The monoisotopic (exact) mass is 223 g/mol. The van der Waals surface area contributed by atoms with Crippen molar-refractivity contribution in [2.45, 2.75) is 38.1 Å². The van der Waals surface area contributed by atoms with E-state index in [9.17, 15) is 0 Å². The zero-order valence-corrected chi connectivity index (χ0v) is 9.59. The van der Waals surface area contributed by atoms with E-state index < -0.39 is 0 Å². The molecule has 3 nitrogen and oxygen atoms in total. The van der Waals surface area contributed by atoms with E-state index in [2.05, 4.69) is 21.9 Å². The highest BCUT2D eigenvalue weighted by molar-refractivity contribution is 7.07. The normalized spacial score (nSPS) is 19.4. The van der Waals surface area contributed by atoms with Crippen LogP contribution in [-0.2, 0) is 0 Å². The van der Waals surface area contributed by atoms with Gasteiger partial charge in [0.15, 0.2) is 0 Å². The van der Waals surface area contributed by atoms with E-state index in [-0.39, 0.29) is 6.04 Å². The van der Waals surface area contributed by atoms with Crippen molar-refractivity contribution in [1.82, 2.24) is 10.4 Å². The topological polar surface area (TPSA) is 50.9 Å². The molecule has 4 heteroatoms. The van der Waals surface area contributed by atoms with Crippen LogP contribution in [0.4, 0.5) is 0 Å². The van der Waals surface area contributed by atoms with Crippen molar-refractivity contribution in [3.05, 3.63) is 28.2 Å². The first kappa shape index (κ1) is 10.8. The molecule has 0 bridgehead atoms. The van der Waals surface area contributed by atoms with Gasteiger partial charge in [-0.15, -0.1) is 11.3 Å². The maximum atomic E-state index is 5.62. The summed E-state index contributed by atoms with van der Waals surface area (Å²) in [4.78, 5) is 4.33. The third kappa shape index (κ3) is 2.65. The highest BCUT2D eigenvalue weighted by Crippen LogP contribution is 2.28. The number of hydrazine groups is 1. The molecular formula is C11H17N3S. The first-order chi connectivity index (χ1) is 7.42. The molecule has 2 rings (SSSR count). The minimum Gasteiger partial charge on any atom is -0.271 e. The summed E-state index contributed by atoms with van der Waals surface area (Å²) in [5.74, 6) is 5.62. The van der Waals surface area contributed by atoms with Gasteiger partial charge in [-0.2, -0.15) is 0 Å². The lowest BCUT2D eigenvalue weighted by Gasteiger charge is -2.17. The molecule has 15 heavy (non-hydrogen) atoms. The molecule has 1 aromatic heterocycles. The number of thiazole rings is 1. The SMILES string of the molecule is NNC(C1=CCCCCC1)c1cscn1. The first-order valence-electron chi connectivity index (χ1n) is 5.45. The molecule has 1 aromatic rings. The number of nitrogens with two attached hydrogens (primary N) is 1. The molecule has 0 aromatic carbocycles. The Morgan fingerprint density at radius 3 is 3.07 bits per heavy atom. The molecule has 0 radical (unpaired) electrons. The Hall–Kier alpha value is -0.710. The van der Waals surface area contributed by atoms with Crippen molar-refractivity contribution in [1.29, 1.82) is 0 Å². The number of nitrogens with one attached hydrogen (secondary N) is 1. The highest BCUT2D eigenvalue weighted by Gasteiger charge is 2.17. The van der Waals surface area contributed by atoms with Crippen LogP contribution in [0.15, 0.2) is 22.5 Å². The molecular weight excluding hydrogens is 206 g/mol. The van der Waals surface area contributed by atoms with Crippen molar-refractivity contribution < 1.29 is 0 Å². The summed E-state index contributed by atoms with van der Waals surface area (Å²) >= 11 is 1.62. The largest absolute Gasteiger partial charge is 0.271 e. The molecule has 1 aliphatic carbocycles. The minimum atomic E-state index is 0.120. The Bertz CT molecular complexity index is 319. The van der Waals surface area contributed by atoms with E-state index in [0.29, 0.717) is 0 Å². The van der Waals surface area contributed by atoms with Crippen molar-refractivity contribution >= 4 is 11.3 Å². The van der Waals surface area contributed by atoms with Gasteiger partial charge >= 0.3 is 0 Å². The third-order valence-corrected chi connectivity index (χ3v) is 3.47. The Morgan fingerprint density at radius 1 is 1.40 bits per heavy atom. The van der Waals surface area contributed by atoms with Gasteiger partial charge in [-0.05, 0) is 25.7 Å². The van der Waals surface area contributed by atoms with Gasteiger partial charge < -0.3 is 0 Å². The van der Waals surface area contributed by atoms with Gasteiger partial charge in [0, 0.05) is 5.38 Å². The summed E-state index contributed by atoms with van der Waals surface area (Å²) in [5.41, 5.74) is 7.19. The summed E-state index contributed by atoms with van der Waals surface area (Å²) in [7, 11) is 0. The van der Waals surface area contributed by atoms with Crippen molar-refractivity contribution in [2.24, 2.45) is 5.84 Å². The van der Waals surface area contributed by atoms with Crippen LogP contribution < -0.4 is 11.3 Å². The van der Waals surface area contributed by atoms with Gasteiger partial charge in [0.25, 0.3) is 0 Å². The molecule has 1 unspecified atom stereocenters. The average Bonchev–Trinajstić information content (AvgIpc) is 2.63. The van der Waals surface area contributed by atoms with Crippen molar-refractivity contribution in [3.63, 3.8) is 0 Å². The van der Waals surface area contributed by atoms with E-state index >= 15 is 0 Å². The van der Waals surface area contributed by atoms with Crippen molar-refractivity contribution in [3.8, 4) is 0 Å². The summed E-state index contributed by atoms with van der Waals surface area (Å²) in [5, 5.41) is 2.07. The molecule has 3 N–H and O–H groups in total. The predicted octanol–water partition coefficient (Wildman–Crippen LogP) is 2.54. The molecule has 0 amide bonds. The maximum Gasteiger partial charge on any atom is 0.0850 e. The first-order valence-corrected chi connectivity index (χ1v) is 6.39. The van der Waals surface area contributed by atoms with Crippen LogP contribution in [0, 0.1) is 0 Å². The van der Waals surface area contributed by atoms with E-state index in [1.54, 1.807) is 11.3 Å². The molecule has 1 aliphatic rings. The molecule has 0 saturated heterocycles. The number of rotatable bonds is 3. The zero-order valence-electron chi connectivity index (χ0n) is 8.78. The summed E-state index contributed by atoms with van der Waals surface area (Å²) in [6, 6.07) is 0.120. The fraction of sp³-hybridized carbons (Fsp3) is 0.545. The number of aromatic nitrogens is 1. The molecule has 0 spiro atoms. The summed E-state index contributed by atoms with van der Waals surface area (Å²) < 4.78 is 0. The lowest BCUT2D eigenvalue weighted by atomic mass is 10.0. The second-order valence-corrected chi connectivity index (χ2v) is 4.61. The molecule has 0 saturated carbocycles. The van der Waals surface area contributed by atoms with E-state index in [1.165, 1.54) is 31.3 Å². The van der Waals surface area contributed by atoms with Gasteiger partial charge in [0.1, 0.15) is 0 Å². The Morgan fingerprint density at radius 2 is 2.33 bits per heavy atom. The van der Waals surface area contributed by atoms with Crippen LogP contribution in [0.25, 0.3) is 0 Å². The number of hydrogen-bond donors (Lipinski definition) is 2. The Labute approximate surface area is 94.4 Å². The second-order valence-electron chi connectivity index (χ2n) is 3.89. The van der Waals surface area contributed by atoms with Crippen LogP contribution in [-0.4, -0.2) is 4.98 Å². The maximum absolute atomic E-state index is 5.62. The highest BCUT2D eigenvalue weighted by atomic mass is 32.1. The van der Waals surface area contributed by atoms with Crippen molar-refractivity contribution in [2.75, 3.05) is 0 Å². The van der Waals surface area contributed by atoms with Crippen LogP contribution in [0.3, 0.4) is 0 Å². The summed E-state index contributed by atoms with van der Waals surface area (Å²) in [6.45, 7) is 0. The van der Waals surface area contributed by atoms with Gasteiger partial charge in [-0.3, -0.25) is 5.84 Å². The Balaban J connectivity index is 2.15. The van der Waals surface area contributed by atoms with Gasteiger partial charge in [0.05, 0.1) is 17.2 Å². The lowest BCUT2D eigenvalue weighted by Crippen LogP contribution is -2.29. The van der Waals surface area contributed by atoms with Crippen LogP contribution in [0.1, 0.15) is 43.8 Å². The van der Waals surface area contributed by atoms with Crippen LogP contribution >= 0.6 is 11.3 Å². The molecule has 1 heterocycles. The number of hydrogen-bond acceptors (Lipinski definition) is 4. The predicted molar refractivity (Wildman–Crippen MR) is 63.3 cm³/mol. The summed E-state index contributed by atoms with van der Waals surface area (Å²) in [6.07, 6.45) is 8.56. The van der Waals surface area contributed by atoms with E-state index in [4.69, 9.17) is 5.84 Å². The van der Waals surface area contributed by atoms with Gasteiger partial charge in [-0.25, -0.2) is 10.4 Å². The number of nitrogens with zero attached hydrogens (tertiary/aromatic N) is 1. The lowest BCUT2D eigenvalue weighted by molar-refractivity contribution is 0.583. The third-order valence-electron chi connectivity index (χ3n) is 2.86.